The van der Waals surface area contributed by atoms with Gasteiger partial charge in [0, 0.05) is 12.6 Å². The zero-order valence-electron chi connectivity index (χ0n) is 8.42. The van der Waals surface area contributed by atoms with Crippen molar-refractivity contribution >= 4 is 11.7 Å². The number of aromatic nitrogens is 2. The van der Waals surface area contributed by atoms with Gasteiger partial charge in [0.15, 0.2) is 0 Å². The van der Waals surface area contributed by atoms with Crippen LogP contribution in [0.2, 0.25) is 0 Å². The molecule has 0 bridgehead atoms. The largest absolute Gasteiger partial charge is 0.383 e. The van der Waals surface area contributed by atoms with E-state index in [2.05, 4.69) is 20.8 Å². The lowest BCUT2D eigenvalue weighted by atomic mass is 10.2. The molecule has 1 aromatic rings. The lowest BCUT2D eigenvalue weighted by Crippen LogP contribution is -2.37. The molecular weight excluding hydrogens is 194 g/mol. The third kappa shape index (κ3) is 2.27. The standard InChI is InChI=1S/C9H15N5O/c10-8-7(5-13-14-8)9(15)12-4-6-2-1-3-11-6/h5-6,11H,1-4H2,(H,12,15)(H3,10,13,14). The number of H-pyrrole nitrogens is 1. The van der Waals surface area contributed by atoms with Crippen molar-refractivity contribution in [1.82, 2.24) is 20.8 Å². The summed E-state index contributed by atoms with van der Waals surface area (Å²) in [6.07, 6.45) is 3.72. The number of anilines is 1. The molecule has 2 rings (SSSR count). The minimum absolute atomic E-state index is 0.171. The quantitative estimate of drug-likeness (QED) is 0.538. The summed E-state index contributed by atoms with van der Waals surface area (Å²) in [5, 5.41) is 12.4. The first-order chi connectivity index (χ1) is 7.27. The van der Waals surface area contributed by atoms with E-state index < -0.39 is 0 Å². The first-order valence-corrected chi connectivity index (χ1v) is 5.08. The second-order valence-electron chi connectivity index (χ2n) is 3.70. The Hall–Kier alpha value is -1.56. The van der Waals surface area contributed by atoms with Crippen molar-refractivity contribution in [2.75, 3.05) is 18.8 Å². The van der Waals surface area contributed by atoms with Crippen LogP contribution in [0.25, 0.3) is 0 Å². The smallest absolute Gasteiger partial charge is 0.256 e. The number of amides is 1. The fourth-order valence-corrected chi connectivity index (χ4v) is 1.72. The van der Waals surface area contributed by atoms with Gasteiger partial charge in [0.1, 0.15) is 11.4 Å². The molecule has 82 valence electrons. The Kier molecular flexibility index (Phi) is 2.86. The first kappa shape index (κ1) is 9.97. The summed E-state index contributed by atoms with van der Waals surface area (Å²) in [5.41, 5.74) is 5.94. The SMILES string of the molecule is Nc1[nH]ncc1C(=O)NCC1CCCN1. The predicted octanol–water partition coefficient (Wildman–Crippen LogP) is -0.526. The van der Waals surface area contributed by atoms with Gasteiger partial charge in [-0.3, -0.25) is 9.89 Å². The average Bonchev–Trinajstić information content (AvgIpc) is 2.84. The topological polar surface area (TPSA) is 95.8 Å². The number of hydrogen-bond acceptors (Lipinski definition) is 4. The van der Waals surface area contributed by atoms with Gasteiger partial charge in [-0.05, 0) is 19.4 Å². The van der Waals surface area contributed by atoms with E-state index in [4.69, 9.17) is 5.73 Å². The van der Waals surface area contributed by atoms with Gasteiger partial charge in [-0.2, -0.15) is 5.10 Å². The fourth-order valence-electron chi connectivity index (χ4n) is 1.72. The number of nitrogens with two attached hydrogens (primary N) is 1. The zero-order chi connectivity index (χ0) is 10.7. The van der Waals surface area contributed by atoms with E-state index in [0.717, 1.165) is 13.0 Å². The maximum atomic E-state index is 11.6. The van der Waals surface area contributed by atoms with Gasteiger partial charge in [0.25, 0.3) is 5.91 Å². The van der Waals surface area contributed by atoms with Gasteiger partial charge in [0.05, 0.1) is 6.20 Å². The van der Waals surface area contributed by atoms with Crippen LogP contribution in [0.5, 0.6) is 0 Å². The normalized spacial score (nSPS) is 20.4. The molecule has 1 amide bonds. The second-order valence-corrected chi connectivity index (χ2v) is 3.70. The average molecular weight is 209 g/mol. The van der Waals surface area contributed by atoms with Gasteiger partial charge in [-0.1, -0.05) is 0 Å². The molecule has 1 aliphatic heterocycles. The number of nitrogen functional groups attached to an aromatic ring is 1. The van der Waals surface area contributed by atoms with Crippen LogP contribution in [0.4, 0.5) is 5.82 Å². The molecule has 0 aliphatic carbocycles. The van der Waals surface area contributed by atoms with Crippen LogP contribution in [-0.2, 0) is 0 Å². The van der Waals surface area contributed by atoms with Crippen LogP contribution in [0, 0.1) is 0 Å². The van der Waals surface area contributed by atoms with E-state index in [1.165, 1.54) is 12.6 Å². The Morgan fingerprint density at radius 2 is 2.60 bits per heavy atom. The van der Waals surface area contributed by atoms with Crippen molar-refractivity contribution in [2.45, 2.75) is 18.9 Å². The highest BCUT2D eigenvalue weighted by molar-refractivity contribution is 5.98. The third-order valence-corrected chi connectivity index (χ3v) is 2.58. The van der Waals surface area contributed by atoms with Crippen LogP contribution in [-0.4, -0.2) is 35.2 Å². The molecule has 5 N–H and O–H groups in total. The molecule has 1 aliphatic rings. The van der Waals surface area contributed by atoms with E-state index in [9.17, 15) is 4.79 Å². The summed E-state index contributed by atoms with van der Waals surface area (Å²) in [7, 11) is 0. The second kappa shape index (κ2) is 4.31. The minimum Gasteiger partial charge on any atom is -0.383 e. The molecule has 1 saturated heterocycles. The fraction of sp³-hybridized carbons (Fsp3) is 0.556. The molecule has 0 spiro atoms. The molecule has 0 radical (unpaired) electrons. The van der Waals surface area contributed by atoms with Crippen molar-refractivity contribution in [3.8, 4) is 0 Å². The third-order valence-electron chi connectivity index (χ3n) is 2.58. The Labute approximate surface area is 87.6 Å². The van der Waals surface area contributed by atoms with Crippen molar-refractivity contribution < 1.29 is 4.79 Å². The lowest BCUT2D eigenvalue weighted by Gasteiger charge is -2.10. The van der Waals surface area contributed by atoms with Gasteiger partial charge in [0.2, 0.25) is 0 Å². The molecule has 1 atom stereocenters. The number of carbonyl (C=O) groups excluding carboxylic acids is 1. The van der Waals surface area contributed by atoms with E-state index in [0.29, 0.717) is 24.0 Å². The molecule has 6 nitrogen and oxygen atoms in total. The minimum atomic E-state index is -0.171. The molecule has 1 aromatic heterocycles. The highest BCUT2D eigenvalue weighted by Crippen LogP contribution is 2.06. The maximum Gasteiger partial charge on any atom is 0.256 e. The summed E-state index contributed by atoms with van der Waals surface area (Å²) in [5.74, 6) is 0.141. The van der Waals surface area contributed by atoms with Crippen molar-refractivity contribution in [2.24, 2.45) is 0 Å². The van der Waals surface area contributed by atoms with Crippen molar-refractivity contribution in [3.63, 3.8) is 0 Å². The number of carbonyl (C=O) groups is 1. The lowest BCUT2D eigenvalue weighted by molar-refractivity contribution is 0.0951. The Morgan fingerprint density at radius 1 is 1.73 bits per heavy atom. The molecular formula is C9H15N5O. The maximum absolute atomic E-state index is 11.6. The summed E-state index contributed by atoms with van der Waals surface area (Å²) in [6.45, 7) is 1.68. The summed E-state index contributed by atoms with van der Waals surface area (Å²) in [6, 6.07) is 0.391. The van der Waals surface area contributed by atoms with Gasteiger partial charge >= 0.3 is 0 Å². The predicted molar refractivity (Wildman–Crippen MR) is 56.4 cm³/mol. The highest BCUT2D eigenvalue weighted by atomic mass is 16.1. The molecule has 1 fully saturated rings. The number of nitrogens with zero attached hydrogens (tertiary/aromatic N) is 1. The summed E-state index contributed by atoms with van der Waals surface area (Å²) < 4.78 is 0. The monoisotopic (exact) mass is 209 g/mol. The van der Waals surface area contributed by atoms with Crippen LogP contribution < -0.4 is 16.4 Å². The molecule has 1 unspecified atom stereocenters. The first-order valence-electron chi connectivity index (χ1n) is 5.08. The number of hydrogen-bond donors (Lipinski definition) is 4. The summed E-state index contributed by atoms with van der Waals surface area (Å²) >= 11 is 0. The van der Waals surface area contributed by atoms with Crippen LogP contribution in [0.15, 0.2) is 6.20 Å². The number of nitrogens with one attached hydrogen (secondary N) is 3. The highest BCUT2D eigenvalue weighted by Gasteiger charge is 2.16. The van der Waals surface area contributed by atoms with E-state index in [1.54, 1.807) is 0 Å². The molecule has 2 heterocycles. The van der Waals surface area contributed by atoms with E-state index in [-0.39, 0.29) is 5.91 Å². The molecule has 6 heteroatoms. The van der Waals surface area contributed by atoms with Crippen molar-refractivity contribution in [3.05, 3.63) is 11.8 Å². The number of aromatic amines is 1. The van der Waals surface area contributed by atoms with Gasteiger partial charge < -0.3 is 16.4 Å². The Bertz CT molecular complexity index is 342. The molecule has 0 aromatic carbocycles. The van der Waals surface area contributed by atoms with E-state index in [1.807, 2.05) is 0 Å². The Morgan fingerprint density at radius 3 is 3.20 bits per heavy atom. The molecule has 15 heavy (non-hydrogen) atoms. The Balaban J connectivity index is 1.84. The van der Waals surface area contributed by atoms with Gasteiger partial charge in [-0.15, -0.1) is 0 Å². The van der Waals surface area contributed by atoms with Crippen molar-refractivity contribution in [1.29, 1.82) is 0 Å². The van der Waals surface area contributed by atoms with Gasteiger partial charge in [-0.25, -0.2) is 0 Å². The van der Waals surface area contributed by atoms with E-state index >= 15 is 0 Å². The van der Waals surface area contributed by atoms with Crippen LogP contribution >= 0.6 is 0 Å². The van der Waals surface area contributed by atoms with Crippen LogP contribution in [0.1, 0.15) is 23.2 Å². The molecule has 0 saturated carbocycles. The number of rotatable bonds is 3. The van der Waals surface area contributed by atoms with Crippen LogP contribution in [0.3, 0.4) is 0 Å². The summed E-state index contributed by atoms with van der Waals surface area (Å²) in [4.78, 5) is 11.6. The zero-order valence-corrected chi connectivity index (χ0v) is 8.42.